The van der Waals surface area contributed by atoms with Gasteiger partial charge in [0.25, 0.3) is 0 Å². The van der Waals surface area contributed by atoms with Crippen molar-refractivity contribution >= 4 is 27.4 Å². The summed E-state index contributed by atoms with van der Waals surface area (Å²) in [6.07, 6.45) is 1.54. The standard InChI is InChI=1S/C10H14BrN3O3/c1-7(6-17-3)13(2)10-9(14(15)16)4-8(11)5-12-10/h4-5,7H,6H2,1-3H3. The maximum absolute atomic E-state index is 10.9. The zero-order valence-corrected chi connectivity index (χ0v) is 11.5. The molecule has 0 fully saturated rings. The SMILES string of the molecule is COCC(C)N(C)c1ncc(Br)cc1[N+](=O)[O-]. The maximum atomic E-state index is 10.9. The van der Waals surface area contributed by atoms with Crippen molar-refractivity contribution in [1.82, 2.24) is 4.98 Å². The van der Waals surface area contributed by atoms with Crippen LogP contribution < -0.4 is 4.90 Å². The Hall–Kier alpha value is -1.21. The number of nitrogens with zero attached hydrogens (tertiary/aromatic N) is 3. The number of halogens is 1. The van der Waals surface area contributed by atoms with Gasteiger partial charge in [-0.05, 0) is 22.9 Å². The Balaban J connectivity index is 3.08. The Morgan fingerprint density at radius 2 is 2.35 bits per heavy atom. The van der Waals surface area contributed by atoms with Gasteiger partial charge in [0, 0.05) is 30.9 Å². The molecule has 1 rings (SSSR count). The smallest absolute Gasteiger partial charge is 0.312 e. The molecule has 0 aromatic carbocycles. The lowest BCUT2D eigenvalue weighted by atomic mass is 10.3. The summed E-state index contributed by atoms with van der Waals surface area (Å²) in [6.45, 7) is 2.39. The van der Waals surface area contributed by atoms with Crippen LogP contribution in [0, 0.1) is 10.1 Å². The highest BCUT2D eigenvalue weighted by molar-refractivity contribution is 9.10. The molecule has 1 atom stereocenters. The molecule has 1 unspecified atom stereocenters. The van der Waals surface area contributed by atoms with Gasteiger partial charge in [-0.15, -0.1) is 0 Å². The second kappa shape index (κ2) is 5.92. The summed E-state index contributed by atoms with van der Waals surface area (Å²) in [6, 6.07) is 1.45. The van der Waals surface area contributed by atoms with Crippen molar-refractivity contribution in [3.63, 3.8) is 0 Å². The fourth-order valence-corrected chi connectivity index (χ4v) is 1.71. The van der Waals surface area contributed by atoms with E-state index in [1.54, 1.807) is 25.3 Å². The minimum Gasteiger partial charge on any atom is -0.383 e. The summed E-state index contributed by atoms with van der Waals surface area (Å²) in [5.41, 5.74) is -0.0233. The quantitative estimate of drug-likeness (QED) is 0.616. The third kappa shape index (κ3) is 3.37. The summed E-state index contributed by atoms with van der Waals surface area (Å²) >= 11 is 3.17. The van der Waals surface area contributed by atoms with E-state index in [4.69, 9.17) is 4.74 Å². The molecule has 0 radical (unpaired) electrons. The van der Waals surface area contributed by atoms with E-state index in [9.17, 15) is 10.1 Å². The van der Waals surface area contributed by atoms with Crippen LogP contribution in [0.5, 0.6) is 0 Å². The molecule has 0 spiro atoms. The fourth-order valence-electron chi connectivity index (χ4n) is 1.39. The molecule has 0 amide bonds. The molecule has 1 aromatic rings. The van der Waals surface area contributed by atoms with Crippen LogP contribution in [0.25, 0.3) is 0 Å². The van der Waals surface area contributed by atoms with E-state index in [1.165, 1.54) is 6.07 Å². The molecule has 0 aliphatic carbocycles. The molecular weight excluding hydrogens is 290 g/mol. The van der Waals surface area contributed by atoms with Gasteiger partial charge in [-0.1, -0.05) is 0 Å². The highest BCUT2D eigenvalue weighted by Gasteiger charge is 2.22. The van der Waals surface area contributed by atoms with E-state index in [-0.39, 0.29) is 11.7 Å². The summed E-state index contributed by atoms with van der Waals surface area (Å²) in [7, 11) is 3.35. The minimum absolute atomic E-state index is 0.00683. The molecule has 1 aromatic heterocycles. The number of pyridine rings is 1. The Bertz CT molecular complexity index is 414. The lowest BCUT2D eigenvalue weighted by Crippen LogP contribution is -2.33. The molecule has 94 valence electrons. The lowest BCUT2D eigenvalue weighted by molar-refractivity contribution is -0.384. The van der Waals surface area contributed by atoms with Crippen LogP contribution in [0.15, 0.2) is 16.7 Å². The first-order valence-corrected chi connectivity index (χ1v) is 5.78. The van der Waals surface area contributed by atoms with Gasteiger partial charge in [0.1, 0.15) is 0 Å². The number of aromatic nitrogens is 1. The van der Waals surface area contributed by atoms with Gasteiger partial charge in [-0.25, -0.2) is 4.98 Å². The topological polar surface area (TPSA) is 68.5 Å². The Labute approximate surface area is 108 Å². The third-order valence-electron chi connectivity index (χ3n) is 2.41. The predicted molar refractivity (Wildman–Crippen MR) is 68.3 cm³/mol. The highest BCUT2D eigenvalue weighted by Crippen LogP contribution is 2.28. The predicted octanol–water partition coefficient (Wildman–Crippen LogP) is 2.22. The van der Waals surface area contributed by atoms with Gasteiger partial charge in [-0.2, -0.15) is 0 Å². The first-order chi connectivity index (χ1) is 7.97. The second-order valence-electron chi connectivity index (χ2n) is 3.67. The molecular formula is C10H14BrN3O3. The Morgan fingerprint density at radius 3 is 2.88 bits per heavy atom. The molecule has 0 aliphatic heterocycles. The summed E-state index contributed by atoms with van der Waals surface area (Å²) < 4.78 is 5.61. The van der Waals surface area contributed by atoms with Crippen LogP contribution in [0.3, 0.4) is 0 Å². The summed E-state index contributed by atoms with van der Waals surface area (Å²) in [5, 5.41) is 10.9. The average molecular weight is 304 g/mol. The van der Waals surface area contributed by atoms with Crippen molar-refractivity contribution in [2.24, 2.45) is 0 Å². The van der Waals surface area contributed by atoms with Crippen molar-refractivity contribution in [3.8, 4) is 0 Å². The molecule has 0 saturated carbocycles. The van der Waals surface area contributed by atoms with Gasteiger partial charge in [-0.3, -0.25) is 10.1 Å². The highest BCUT2D eigenvalue weighted by atomic mass is 79.9. The van der Waals surface area contributed by atoms with E-state index in [0.29, 0.717) is 16.9 Å². The number of methoxy groups -OCH3 is 1. The monoisotopic (exact) mass is 303 g/mol. The first-order valence-electron chi connectivity index (χ1n) is 4.99. The van der Waals surface area contributed by atoms with E-state index >= 15 is 0 Å². The molecule has 0 bridgehead atoms. The normalized spacial score (nSPS) is 12.2. The van der Waals surface area contributed by atoms with E-state index in [0.717, 1.165) is 0 Å². The van der Waals surface area contributed by atoms with Crippen molar-refractivity contribution in [2.45, 2.75) is 13.0 Å². The van der Waals surface area contributed by atoms with Crippen LogP contribution in [0.1, 0.15) is 6.92 Å². The minimum atomic E-state index is -0.441. The zero-order chi connectivity index (χ0) is 13.0. The average Bonchev–Trinajstić information content (AvgIpc) is 2.28. The van der Waals surface area contributed by atoms with Gasteiger partial charge in [0.05, 0.1) is 17.6 Å². The Morgan fingerprint density at radius 1 is 1.71 bits per heavy atom. The van der Waals surface area contributed by atoms with Gasteiger partial charge in [0.15, 0.2) is 0 Å². The number of hydrogen-bond donors (Lipinski definition) is 0. The maximum Gasteiger partial charge on any atom is 0.312 e. The summed E-state index contributed by atoms with van der Waals surface area (Å²) in [5.74, 6) is 0.336. The molecule has 1 heterocycles. The van der Waals surface area contributed by atoms with Crippen molar-refractivity contribution < 1.29 is 9.66 Å². The number of hydrogen-bond acceptors (Lipinski definition) is 5. The van der Waals surface area contributed by atoms with E-state index in [2.05, 4.69) is 20.9 Å². The molecule has 6 nitrogen and oxygen atoms in total. The van der Waals surface area contributed by atoms with E-state index < -0.39 is 4.92 Å². The largest absolute Gasteiger partial charge is 0.383 e. The fraction of sp³-hybridized carbons (Fsp3) is 0.500. The molecule has 17 heavy (non-hydrogen) atoms. The third-order valence-corrected chi connectivity index (χ3v) is 2.85. The number of likely N-dealkylation sites (N-methyl/N-ethyl adjacent to an activating group) is 1. The zero-order valence-electron chi connectivity index (χ0n) is 9.88. The van der Waals surface area contributed by atoms with Crippen LogP contribution in [-0.2, 0) is 4.74 Å². The van der Waals surface area contributed by atoms with Crippen molar-refractivity contribution in [1.29, 1.82) is 0 Å². The number of nitro groups is 1. The van der Waals surface area contributed by atoms with Crippen LogP contribution in [0.2, 0.25) is 0 Å². The number of ether oxygens (including phenoxy) is 1. The molecule has 7 heteroatoms. The van der Waals surface area contributed by atoms with Gasteiger partial charge < -0.3 is 9.64 Å². The van der Waals surface area contributed by atoms with Gasteiger partial charge >= 0.3 is 5.69 Å². The van der Waals surface area contributed by atoms with Crippen molar-refractivity contribution in [2.75, 3.05) is 25.7 Å². The van der Waals surface area contributed by atoms with Crippen LogP contribution >= 0.6 is 15.9 Å². The van der Waals surface area contributed by atoms with Crippen LogP contribution in [0.4, 0.5) is 11.5 Å². The van der Waals surface area contributed by atoms with Crippen molar-refractivity contribution in [3.05, 3.63) is 26.9 Å². The first kappa shape index (κ1) is 13.9. The molecule has 0 N–H and O–H groups in total. The van der Waals surface area contributed by atoms with Gasteiger partial charge in [0.2, 0.25) is 5.82 Å². The van der Waals surface area contributed by atoms with E-state index in [1.807, 2.05) is 6.92 Å². The summed E-state index contributed by atoms with van der Waals surface area (Å²) in [4.78, 5) is 16.3. The molecule has 0 aliphatic rings. The number of rotatable bonds is 5. The Kier molecular flexibility index (Phi) is 4.83. The lowest BCUT2D eigenvalue weighted by Gasteiger charge is -2.24. The number of anilines is 1. The van der Waals surface area contributed by atoms with Crippen LogP contribution in [-0.4, -0.2) is 36.7 Å². The molecule has 0 saturated heterocycles. The second-order valence-corrected chi connectivity index (χ2v) is 4.58.